The van der Waals surface area contributed by atoms with Gasteiger partial charge in [-0.15, -0.1) is 0 Å². The predicted octanol–water partition coefficient (Wildman–Crippen LogP) is 1.00. The standard InChI is InChI=1S/C13H27N3O2/c1-11(6-8-18-4)14-13(17)16-7-5-12(10-16)9-15(2)3/h11-12H,5-10H2,1-4H3,(H,14,17). The minimum absolute atomic E-state index is 0.0693. The highest BCUT2D eigenvalue weighted by molar-refractivity contribution is 5.74. The van der Waals surface area contributed by atoms with E-state index in [0.717, 1.165) is 32.5 Å². The normalized spacial score (nSPS) is 21.4. The summed E-state index contributed by atoms with van der Waals surface area (Å²) in [5, 5.41) is 3.02. The summed E-state index contributed by atoms with van der Waals surface area (Å²) in [4.78, 5) is 16.1. The Hall–Kier alpha value is -0.810. The molecule has 0 saturated carbocycles. The van der Waals surface area contributed by atoms with Gasteiger partial charge in [-0.3, -0.25) is 0 Å². The van der Waals surface area contributed by atoms with Crippen LogP contribution in [0.4, 0.5) is 4.79 Å². The van der Waals surface area contributed by atoms with Gasteiger partial charge in [-0.1, -0.05) is 0 Å². The van der Waals surface area contributed by atoms with E-state index < -0.39 is 0 Å². The van der Waals surface area contributed by atoms with Crippen molar-refractivity contribution in [2.24, 2.45) is 5.92 Å². The third-order valence-electron chi connectivity index (χ3n) is 3.32. The predicted molar refractivity (Wildman–Crippen MR) is 72.7 cm³/mol. The number of ether oxygens (including phenoxy) is 1. The maximum Gasteiger partial charge on any atom is 0.317 e. The van der Waals surface area contributed by atoms with Crippen LogP contribution in [0.1, 0.15) is 19.8 Å². The Morgan fingerprint density at radius 3 is 2.89 bits per heavy atom. The molecule has 1 aliphatic heterocycles. The number of hydrogen-bond donors (Lipinski definition) is 1. The van der Waals surface area contributed by atoms with Gasteiger partial charge in [0, 0.05) is 39.4 Å². The van der Waals surface area contributed by atoms with Crippen LogP contribution in [-0.2, 0) is 4.74 Å². The smallest absolute Gasteiger partial charge is 0.317 e. The number of nitrogens with one attached hydrogen (secondary N) is 1. The van der Waals surface area contributed by atoms with Gasteiger partial charge >= 0.3 is 6.03 Å². The minimum atomic E-state index is 0.0693. The molecule has 2 atom stereocenters. The van der Waals surface area contributed by atoms with Gasteiger partial charge in [-0.05, 0) is 39.8 Å². The van der Waals surface area contributed by atoms with E-state index in [1.807, 2.05) is 11.8 Å². The SMILES string of the molecule is COCCC(C)NC(=O)N1CCC(CN(C)C)C1. The summed E-state index contributed by atoms with van der Waals surface area (Å²) in [7, 11) is 5.84. The van der Waals surface area contributed by atoms with Crippen LogP contribution >= 0.6 is 0 Å². The molecule has 5 heteroatoms. The van der Waals surface area contributed by atoms with Crippen LogP contribution in [0, 0.1) is 5.92 Å². The van der Waals surface area contributed by atoms with Gasteiger partial charge in [-0.2, -0.15) is 0 Å². The Kier molecular flexibility index (Phi) is 6.43. The van der Waals surface area contributed by atoms with Crippen LogP contribution in [0.5, 0.6) is 0 Å². The maximum atomic E-state index is 12.0. The number of nitrogens with zero attached hydrogens (tertiary/aromatic N) is 2. The highest BCUT2D eigenvalue weighted by atomic mass is 16.5. The molecule has 0 aromatic heterocycles. The molecule has 1 fully saturated rings. The summed E-state index contributed by atoms with van der Waals surface area (Å²) < 4.78 is 5.01. The first-order chi connectivity index (χ1) is 8.52. The average Bonchev–Trinajstić information content (AvgIpc) is 2.73. The Bertz CT molecular complexity index is 259. The summed E-state index contributed by atoms with van der Waals surface area (Å²) in [5.74, 6) is 0.611. The first-order valence-electron chi connectivity index (χ1n) is 6.72. The molecule has 0 aromatic carbocycles. The largest absolute Gasteiger partial charge is 0.385 e. The number of carbonyl (C=O) groups excluding carboxylic acids is 1. The van der Waals surface area contributed by atoms with Gasteiger partial charge in [0.15, 0.2) is 0 Å². The van der Waals surface area contributed by atoms with Gasteiger partial charge in [0.2, 0.25) is 0 Å². The molecule has 1 heterocycles. The molecule has 1 aliphatic rings. The second-order valence-corrected chi connectivity index (χ2v) is 5.49. The lowest BCUT2D eigenvalue weighted by Crippen LogP contribution is -2.43. The number of methoxy groups -OCH3 is 1. The van der Waals surface area contributed by atoms with Crippen LogP contribution in [0.2, 0.25) is 0 Å². The first kappa shape index (κ1) is 15.2. The molecule has 1 rings (SSSR count). The summed E-state index contributed by atoms with van der Waals surface area (Å²) in [6.07, 6.45) is 1.97. The first-order valence-corrected chi connectivity index (χ1v) is 6.72. The van der Waals surface area contributed by atoms with E-state index >= 15 is 0 Å². The van der Waals surface area contributed by atoms with Crippen LogP contribution in [0.25, 0.3) is 0 Å². The lowest BCUT2D eigenvalue weighted by atomic mass is 10.1. The fourth-order valence-electron chi connectivity index (χ4n) is 2.35. The molecular weight excluding hydrogens is 230 g/mol. The lowest BCUT2D eigenvalue weighted by Gasteiger charge is -2.21. The Labute approximate surface area is 110 Å². The van der Waals surface area contributed by atoms with Crippen molar-refractivity contribution < 1.29 is 9.53 Å². The number of carbonyl (C=O) groups is 1. The van der Waals surface area contributed by atoms with Gasteiger partial charge in [-0.25, -0.2) is 4.79 Å². The van der Waals surface area contributed by atoms with E-state index in [1.165, 1.54) is 0 Å². The van der Waals surface area contributed by atoms with Crippen LogP contribution in [0.15, 0.2) is 0 Å². The Balaban J connectivity index is 2.27. The summed E-state index contributed by atoms with van der Waals surface area (Å²) in [6, 6.07) is 0.241. The minimum Gasteiger partial charge on any atom is -0.385 e. The fourth-order valence-corrected chi connectivity index (χ4v) is 2.35. The zero-order valence-corrected chi connectivity index (χ0v) is 12.1. The van der Waals surface area contributed by atoms with Crippen LogP contribution < -0.4 is 5.32 Å². The monoisotopic (exact) mass is 257 g/mol. The average molecular weight is 257 g/mol. The van der Waals surface area contributed by atoms with E-state index in [0.29, 0.717) is 12.5 Å². The van der Waals surface area contributed by atoms with Crippen molar-refractivity contribution in [3.63, 3.8) is 0 Å². The van der Waals surface area contributed by atoms with Crippen molar-refractivity contribution in [3.05, 3.63) is 0 Å². The molecule has 1 N–H and O–H groups in total. The third-order valence-corrected chi connectivity index (χ3v) is 3.32. The topological polar surface area (TPSA) is 44.8 Å². The summed E-state index contributed by atoms with van der Waals surface area (Å²) in [6.45, 7) is 5.51. The van der Waals surface area contributed by atoms with Gasteiger partial charge in [0.25, 0.3) is 0 Å². The number of hydrogen-bond acceptors (Lipinski definition) is 3. The summed E-state index contributed by atoms with van der Waals surface area (Å²) >= 11 is 0. The molecule has 2 amide bonds. The quantitative estimate of drug-likeness (QED) is 0.772. The zero-order chi connectivity index (χ0) is 13.5. The zero-order valence-electron chi connectivity index (χ0n) is 12.1. The van der Waals surface area contributed by atoms with Gasteiger partial charge in [0.1, 0.15) is 0 Å². The van der Waals surface area contributed by atoms with Crippen molar-refractivity contribution in [2.45, 2.75) is 25.8 Å². The molecule has 1 saturated heterocycles. The second kappa shape index (κ2) is 7.59. The number of likely N-dealkylation sites (tertiary alicyclic amines) is 1. The number of amides is 2. The van der Waals surface area contributed by atoms with Crippen LogP contribution in [-0.4, -0.2) is 69.3 Å². The molecule has 106 valence electrons. The molecule has 0 radical (unpaired) electrons. The fraction of sp³-hybridized carbons (Fsp3) is 0.923. The van der Waals surface area contributed by atoms with Crippen molar-refractivity contribution in [1.82, 2.24) is 15.1 Å². The van der Waals surface area contributed by atoms with Crippen molar-refractivity contribution >= 4 is 6.03 Å². The number of rotatable bonds is 6. The number of urea groups is 1. The van der Waals surface area contributed by atoms with E-state index in [4.69, 9.17) is 4.74 Å². The highest BCUT2D eigenvalue weighted by Crippen LogP contribution is 2.16. The molecule has 0 aliphatic carbocycles. The maximum absolute atomic E-state index is 12.0. The second-order valence-electron chi connectivity index (χ2n) is 5.49. The van der Waals surface area contributed by atoms with E-state index in [2.05, 4.69) is 24.3 Å². The van der Waals surface area contributed by atoms with E-state index in [9.17, 15) is 4.79 Å². The van der Waals surface area contributed by atoms with Gasteiger partial charge < -0.3 is 19.9 Å². The molecule has 18 heavy (non-hydrogen) atoms. The van der Waals surface area contributed by atoms with E-state index in [1.54, 1.807) is 7.11 Å². The van der Waals surface area contributed by atoms with Crippen molar-refractivity contribution in [3.8, 4) is 0 Å². The van der Waals surface area contributed by atoms with Gasteiger partial charge in [0.05, 0.1) is 0 Å². The molecular formula is C13H27N3O2. The lowest BCUT2D eigenvalue weighted by molar-refractivity contribution is 0.177. The Morgan fingerprint density at radius 2 is 2.28 bits per heavy atom. The molecule has 0 aromatic rings. The molecule has 2 unspecified atom stereocenters. The molecule has 0 spiro atoms. The van der Waals surface area contributed by atoms with Crippen molar-refractivity contribution in [1.29, 1.82) is 0 Å². The summed E-state index contributed by atoms with van der Waals surface area (Å²) in [5.41, 5.74) is 0. The molecule has 5 nitrogen and oxygen atoms in total. The highest BCUT2D eigenvalue weighted by Gasteiger charge is 2.26. The van der Waals surface area contributed by atoms with Crippen molar-refractivity contribution in [2.75, 3.05) is 47.4 Å². The Morgan fingerprint density at radius 1 is 1.56 bits per heavy atom. The van der Waals surface area contributed by atoms with E-state index in [-0.39, 0.29) is 12.1 Å². The molecule has 0 bridgehead atoms. The third kappa shape index (κ3) is 5.23. The van der Waals surface area contributed by atoms with Crippen LogP contribution in [0.3, 0.4) is 0 Å².